The van der Waals surface area contributed by atoms with E-state index in [1.165, 1.54) is 22.1 Å². The molecule has 3 aromatic rings. The molecule has 170 valence electrons. The Bertz CT molecular complexity index is 1170. The Hall–Kier alpha value is -2.41. The molecule has 0 saturated carbocycles. The first-order chi connectivity index (χ1) is 15.5. The number of benzene rings is 1. The second kappa shape index (κ2) is 10.0. The van der Waals surface area contributed by atoms with Crippen molar-refractivity contribution in [1.82, 2.24) is 19.5 Å². The number of thioether (sulfide) groups is 1. The van der Waals surface area contributed by atoms with Crippen molar-refractivity contribution in [2.24, 2.45) is 0 Å². The lowest BCUT2D eigenvalue weighted by molar-refractivity contribution is -0.113. The molecule has 0 spiro atoms. The molecule has 1 aromatic carbocycles. The summed E-state index contributed by atoms with van der Waals surface area (Å²) in [5.74, 6) is 0.745. The normalized spacial score (nSPS) is 14.5. The highest BCUT2D eigenvalue weighted by Gasteiger charge is 2.30. The average Bonchev–Trinajstić information content (AvgIpc) is 3.56. The van der Waals surface area contributed by atoms with E-state index in [0.717, 1.165) is 17.7 Å². The number of H-pyrrole nitrogens is 1. The fraction of sp³-hybridized carbons (Fsp3) is 0.350. The van der Waals surface area contributed by atoms with E-state index in [1.54, 1.807) is 30.4 Å². The maximum Gasteiger partial charge on any atom is 0.246 e. The van der Waals surface area contributed by atoms with Gasteiger partial charge in [-0.3, -0.25) is 9.89 Å². The number of rotatable bonds is 9. The third-order valence-corrected chi connectivity index (χ3v) is 8.41. The van der Waals surface area contributed by atoms with Gasteiger partial charge in [-0.25, -0.2) is 13.4 Å². The van der Waals surface area contributed by atoms with Crippen LogP contribution in [0.25, 0.3) is 10.7 Å². The molecule has 9 nitrogen and oxygen atoms in total. The second-order valence-electron chi connectivity index (χ2n) is 6.99. The SMILES string of the molecule is CCOc1ccc(NC(=O)CSc2n[nH]c(-c3cccs3)n2)cc1S(=O)(=O)N1CCCC1. The van der Waals surface area contributed by atoms with Crippen LogP contribution in [-0.4, -0.2) is 59.3 Å². The van der Waals surface area contributed by atoms with Crippen molar-refractivity contribution in [3.05, 3.63) is 35.7 Å². The summed E-state index contributed by atoms with van der Waals surface area (Å²) < 4.78 is 33.2. The second-order valence-corrected chi connectivity index (χ2v) is 10.8. The Morgan fingerprint density at radius 2 is 2.12 bits per heavy atom. The predicted octanol–water partition coefficient (Wildman–Crippen LogP) is 3.45. The van der Waals surface area contributed by atoms with Gasteiger partial charge in [-0.15, -0.1) is 16.4 Å². The number of sulfonamides is 1. The molecular weight excluding hydrogens is 470 g/mol. The van der Waals surface area contributed by atoms with Crippen molar-refractivity contribution < 1.29 is 17.9 Å². The lowest BCUT2D eigenvalue weighted by Gasteiger charge is -2.19. The Morgan fingerprint density at radius 1 is 1.31 bits per heavy atom. The Morgan fingerprint density at radius 3 is 2.84 bits per heavy atom. The van der Waals surface area contributed by atoms with Gasteiger partial charge in [0.1, 0.15) is 10.6 Å². The van der Waals surface area contributed by atoms with Crippen molar-refractivity contribution in [3.63, 3.8) is 0 Å². The third kappa shape index (κ3) is 5.14. The van der Waals surface area contributed by atoms with Crippen LogP contribution in [0.2, 0.25) is 0 Å². The van der Waals surface area contributed by atoms with Crippen LogP contribution in [0.3, 0.4) is 0 Å². The monoisotopic (exact) mass is 493 g/mol. The van der Waals surface area contributed by atoms with Crippen molar-refractivity contribution in [2.45, 2.75) is 29.8 Å². The molecule has 0 bridgehead atoms. The maximum atomic E-state index is 13.1. The van der Waals surface area contributed by atoms with Crippen LogP contribution in [-0.2, 0) is 14.8 Å². The number of carbonyl (C=O) groups is 1. The summed E-state index contributed by atoms with van der Waals surface area (Å²) in [6.07, 6.45) is 1.68. The van der Waals surface area contributed by atoms with Crippen molar-refractivity contribution in [2.75, 3.05) is 30.8 Å². The quantitative estimate of drug-likeness (QED) is 0.439. The molecule has 0 atom stereocenters. The number of amides is 1. The third-order valence-electron chi connectivity index (χ3n) is 4.76. The lowest BCUT2D eigenvalue weighted by Crippen LogP contribution is -2.28. The van der Waals surface area contributed by atoms with Crippen LogP contribution in [0.15, 0.2) is 45.8 Å². The van der Waals surface area contributed by atoms with Crippen molar-refractivity contribution >= 4 is 44.7 Å². The Labute approximate surface area is 194 Å². The molecule has 1 aliphatic heterocycles. The van der Waals surface area contributed by atoms with Gasteiger partial charge >= 0.3 is 0 Å². The number of anilines is 1. The number of hydrogen-bond donors (Lipinski definition) is 2. The smallest absolute Gasteiger partial charge is 0.246 e. The summed E-state index contributed by atoms with van der Waals surface area (Å²) in [6, 6.07) is 8.54. The molecule has 12 heteroatoms. The molecule has 32 heavy (non-hydrogen) atoms. The number of ether oxygens (including phenoxy) is 1. The number of carbonyl (C=O) groups excluding carboxylic acids is 1. The number of hydrogen-bond acceptors (Lipinski definition) is 8. The number of nitrogens with one attached hydrogen (secondary N) is 2. The highest BCUT2D eigenvalue weighted by molar-refractivity contribution is 7.99. The highest BCUT2D eigenvalue weighted by Crippen LogP contribution is 2.32. The molecule has 2 N–H and O–H groups in total. The summed E-state index contributed by atoms with van der Waals surface area (Å²) in [5.41, 5.74) is 0.395. The van der Waals surface area contributed by atoms with Crippen molar-refractivity contribution in [1.29, 1.82) is 0 Å². The molecule has 1 saturated heterocycles. The molecule has 1 aliphatic rings. The van der Waals surface area contributed by atoms with E-state index in [0.29, 0.717) is 36.4 Å². The van der Waals surface area contributed by atoms with Gasteiger partial charge in [-0.1, -0.05) is 17.8 Å². The van der Waals surface area contributed by atoms with Crippen molar-refractivity contribution in [3.8, 4) is 16.5 Å². The zero-order valence-electron chi connectivity index (χ0n) is 17.4. The van der Waals surface area contributed by atoms with Crippen LogP contribution in [0.5, 0.6) is 5.75 Å². The molecule has 0 unspecified atom stereocenters. The minimum absolute atomic E-state index is 0.0706. The Kier molecular flexibility index (Phi) is 7.13. The van der Waals surface area contributed by atoms with E-state index in [2.05, 4.69) is 20.5 Å². The molecule has 1 amide bonds. The van der Waals surface area contributed by atoms with Gasteiger partial charge in [-0.05, 0) is 49.4 Å². The van der Waals surface area contributed by atoms with Gasteiger partial charge in [0.15, 0.2) is 5.82 Å². The van der Waals surface area contributed by atoms with Gasteiger partial charge < -0.3 is 10.1 Å². The minimum atomic E-state index is -3.70. The van der Waals surface area contributed by atoms with Crippen LogP contribution in [0.4, 0.5) is 5.69 Å². The van der Waals surface area contributed by atoms with Gasteiger partial charge in [0.25, 0.3) is 0 Å². The molecule has 0 aliphatic carbocycles. The summed E-state index contributed by atoms with van der Waals surface area (Å²) in [6.45, 7) is 3.12. The van der Waals surface area contributed by atoms with Gasteiger partial charge in [0.2, 0.25) is 21.1 Å². The van der Waals surface area contributed by atoms with E-state index in [-0.39, 0.29) is 22.3 Å². The lowest BCUT2D eigenvalue weighted by atomic mass is 10.3. The van der Waals surface area contributed by atoms with E-state index in [1.807, 2.05) is 17.5 Å². The largest absolute Gasteiger partial charge is 0.492 e. The average molecular weight is 494 g/mol. The fourth-order valence-electron chi connectivity index (χ4n) is 3.29. The maximum absolute atomic E-state index is 13.1. The fourth-order valence-corrected chi connectivity index (χ4v) is 6.23. The summed E-state index contributed by atoms with van der Waals surface area (Å²) in [5, 5.41) is 12.2. The molecular formula is C20H23N5O4S3. The first kappa shape index (κ1) is 22.8. The zero-order valence-corrected chi connectivity index (χ0v) is 19.9. The number of nitrogens with zero attached hydrogens (tertiary/aromatic N) is 3. The standard InChI is InChI=1S/C20H23N5O4S3/c1-2-29-15-8-7-14(12-17(15)32(27,28)25-9-3-4-10-25)21-18(26)13-31-20-22-19(23-24-20)16-6-5-11-30-16/h5-8,11-12H,2-4,9-10,13H2,1H3,(H,21,26)(H,22,23,24). The zero-order chi connectivity index (χ0) is 22.6. The number of aromatic amines is 1. The summed E-state index contributed by atoms with van der Waals surface area (Å²) in [7, 11) is -3.70. The summed E-state index contributed by atoms with van der Waals surface area (Å²) >= 11 is 2.74. The topological polar surface area (TPSA) is 117 Å². The van der Waals surface area contributed by atoms with Gasteiger partial charge in [0, 0.05) is 18.8 Å². The predicted molar refractivity (Wildman–Crippen MR) is 125 cm³/mol. The van der Waals surface area contributed by atoms with E-state index < -0.39 is 10.0 Å². The molecule has 0 radical (unpaired) electrons. The molecule has 3 heterocycles. The van der Waals surface area contributed by atoms with Crippen LogP contribution in [0.1, 0.15) is 19.8 Å². The van der Waals surface area contributed by atoms with Gasteiger partial charge in [-0.2, -0.15) is 4.31 Å². The minimum Gasteiger partial charge on any atom is -0.492 e. The first-order valence-corrected chi connectivity index (χ1v) is 13.4. The molecule has 1 fully saturated rings. The first-order valence-electron chi connectivity index (χ1n) is 10.1. The Balaban J connectivity index is 1.43. The molecule has 2 aromatic heterocycles. The van der Waals surface area contributed by atoms with Gasteiger partial charge in [0.05, 0.1) is 17.2 Å². The van der Waals surface area contributed by atoms with E-state index in [9.17, 15) is 13.2 Å². The van der Waals surface area contributed by atoms with Crippen LogP contribution in [0, 0.1) is 0 Å². The highest BCUT2D eigenvalue weighted by atomic mass is 32.2. The molecule has 4 rings (SSSR count). The van der Waals surface area contributed by atoms with E-state index in [4.69, 9.17) is 4.74 Å². The number of aromatic nitrogens is 3. The number of thiophene rings is 1. The van der Waals surface area contributed by atoms with E-state index >= 15 is 0 Å². The summed E-state index contributed by atoms with van der Waals surface area (Å²) in [4.78, 5) is 17.9. The van der Waals surface area contributed by atoms with Crippen LogP contribution < -0.4 is 10.1 Å². The van der Waals surface area contributed by atoms with Crippen LogP contribution >= 0.6 is 23.1 Å².